The van der Waals surface area contributed by atoms with Gasteiger partial charge in [0.25, 0.3) is 5.91 Å². The summed E-state index contributed by atoms with van der Waals surface area (Å²) in [5.41, 5.74) is 1.50. The van der Waals surface area contributed by atoms with E-state index in [9.17, 15) is 24.0 Å². The molecule has 3 N–H and O–H groups in total. The SMILES string of the molecule is O=C(O)CCCCCN1C(=O)C2C3CC(C2C1=O)C1C3Sc2[nH]c(=O)sc2[C@@H]1c1cc(Br)ccc1OCC(=O)Nc1ccc2ccccc2c1. The summed E-state index contributed by atoms with van der Waals surface area (Å²) in [5.74, 6) is -2.06. The Hall–Kier alpha value is -3.94. The van der Waals surface area contributed by atoms with Crippen LogP contribution >= 0.6 is 39.0 Å². The van der Waals surface area contributed by atoms with E-state index in [0.29, 0.717) is 37.2 Å². The summed E-state index contributed by atoms with van der Waals surface area (Å²) in [4.78, 5) is 69.7. The number of thiazole rings is 1. The highest BCUT2D eigenvalue weighted by Gasteiger charge is 2.69. The lowest BCUT2D eigenvalue weighted by Crippen LogP contribution is -2.42. The maximum Gasteiger partial charge on any atom is 0.305 e. The highest BCUT2D eigenvalue weighted by Crippen LogP contribution is 2.69. The second-order valence-electron chi connectivity index (χ2n) is 13.6. The summed E-state index contributed by atoms with van der Waals surface area (Å²) in [5, 5.41) is 14.8. The fourth-order valence-corrected chi connectivity index (χ4v) is 12.1. The number of carboxylic acid groups (broad SMARTS) is 1. The number of H-pyrrole nitrogens is 1. The Morgan fingerprint density at radius 1 is 0.960 bits per heavy atom. The largest absolute Gasteiger partial charge is 0.483 e. The van der Waals surface area contributed by atoms with Gasteiger partial charge in [-0.15, -0.1) is 11.8 Å². The van der Waals surface area contributed by atoms with Crippen molar-refractivity contribution in [2.75, 3.05) is 18.5 Å². The predicted octanol–water partition coefficient (Wildman–Crippen LogP) is 6.49. The Morgan fingerprint density at radius 3 is 2.54 bits per heavy atom. The number of imide groups is 1. The number of anilines is 1. The molecule has 0 radical (unpaired) electrons. The van der Waals surface area contributed by atoms with Crippen LogP contribution < -0.4 is 14.9 Å². The van der Waals surface area contributed by atoms with Gasteiger partial charge in [0, 0.05) is 44.7 Å². The smallest absolute Gasteiger partial charge is 0.305 e. The molecule has 3 amide bonds. The number of nitrogens with zero attached hydrogens (tertiary/aromatic N) is 1. The third kappa shape index (κ3) is 5.86. The third-order valence-corrected chi connectivity index (χ3v) is 13.9. The molecule has 7 atom stereocenters. The Bertz CT molecular complexity index is 2100. The van der Waals surface area contributed by atoms with Gasteiger partial charge in [-0.1, -0.05) is 64.0 Å². The molecular weight excluding hydrogens is 742 g/mol. The van der Waals surface area contributed by atoms with E-state index in [-0.39, 0.29) is 70.5 Å². The number of halogens is 1. The van der Waals surface area contributed by atoms with Crippen LogP contribution in [0.5, 0.6) is 5.75 Å². The summed E-state index contributed by atoms with van der Waals surface area (Å²) in [6.07, 6.45) is 2.55. The zero-order chi connectivity index (χ0) is 34.7. The third-order valence-electron chi connectivity index (χ3n) is 10.8. The van der Waals surface area contributed by atoms with Crippen LogP contribution in [0.15, 0.2) is 75.0 Å². The minimum Gasteiger partial charge on any atom is -0.483 e. The van der Waals surface area contributed by atoms with Crippen LogP contribution in [0.3, 0.4) is 0 Å². The number of aromatic amines is 1. The van der Waals surface area contributed by atoms with Crippen LogP contribution in [0.4, 0.5) is 5.69 Å². The number of unbranched alkanes of at least 4 members (excludes halogenated alkanes) is 2. The van der Waals surface area contributed by atoms with E-state index in [2.05, 4.69) is 26.2 Å². The van der Waals surface area contributed by atoms with Crippen molar-refractivity contribution < 1.29 is 29.0 Å². The number of aromatic nitrogens is 1. The molecule has 2 aliphatic carbocycles. The number of ether oxygens (including phenoxy) is 1. The van der Waals surface area contributed by atoms with Gasteiger partial charge in [-0.2, -0.15) is 0 Å². The highest BCUT2D eigenvalue weighted by molar-refractivity contribution is 9.10. The number of rotatable bonds is 11. The summed E-state index contributed by atoms with van der Waals surface area (Å²) in [6, 6.07) is 19.3. The monoisotopic (exact) mass is 775 g/mol. The molecule has 1 saturated heterocycles. The van der Waals surface area contributed by atoms with Crippen LogP contribution in [-0.4, -0.2) is 57.1 Å². The number of thioether (sulfide) groups is 1. The van der Waals surface area contributed by atoms with Crippen molar-refractivity contribution in [1.82, 2.24) is 9.88 Å². The molecule has 4 aliphatic rings. The van der Waals surface area contributed by atoms with Crippen molar-refractivity contribution in [2.24, 2.45) is 29.6 Å². The fraction of sp³-hybridized carbons (Fsp3) is 0.378. The van der Waals surface area contributed by atoms with E-state index >= 15 is 0 Å². The molecule has 1 aromatic heterocycles. The van der Waals surface area contributed by atoms with Crippen LogP contribution in [0.1, 0.15) is 48.5 Å². The van der Waals surface area contributed by atoms with Gasteiger partial charge >= 0.3 is 10.8 Å². The van der Waals surface area contributed by atoms with Crippen molar-refractivity contribution in [3.63, 3.8) is 0 Å². The first kappa shape index (κ1) is 33.2. The number of hydrogen-bond acceptors (Lipinski definition) is 8. The zero-order valence-corrected chi connectivity index (χ0v) is 30.0. The minimum absolute atomic E-state index is 0.0132. The first-order valence-corrected chi connectivity index (χ1v) is 19.3. The molecule has 3 fully saturated rings. The van der Waals surface area contributed by atoms with Gasteiger partial charge in [0.2, 0.25) is 11.8 Å². The molecule has 2 aliphatic heterocycles. The van der Waals surface area contributed by atoms with E-state index in [1.807, 2.05) is 60.7 Å². The summed E-state index contributed by atoms with van der Waals surface area (Å²) < 4.78 is 7.07. The lowest BCUT2D eigenvalue weighted by Gasteiger charge is -2.43. The molecule has 2 saturated carbocycles. The van der Waals surface area contributed by atoms with Gasteiger partial charge in [-0.05, 0) is 78.1 Å². The maximum absolute atomic E-state index is 13.9. The second kappa shape index (κ2) is 13.3. The van der Waals surface area contributed by atoms with Crippen molar-refractivity contribution >= 4 is 79.2 Å². The number of carbonyl (C=O) groups is 4. The van der Waals surface area contributed by atoms with Crippen molar-refractivity contribution in [3.05, 3.63) is 85.2 Å². The lowest BCUT2D eigenvalue weighted by molar-refractivity contribution is -0.141. The van der Waals surface area contributed by atoms with E-state index in [1.54, 1.807) is 11.8 Å². The van der Waals surface area contributed by atoms with Gasteiger partial charge in [-0.3, -0.25) is 28.9 Å². The van der Waals surface area contributed by atoms with Crippen molar-refractivity contribution in [1.29, 1.82) is 0 Å². The topological polar surface area (TPSA) is 146 Å². The summed E-state index contributed by atoms with van der Waals surface area (Å²) in [6.45, 7) is 0.0829. The molecule has 3 heterocycles. The van der Waals surface area contributed by atoms with Crippen molar-refractivity contribution in [3.8, 4) is 5.75 Å². The first-order chi connectivity index (χ1) is 24.2. The van der Waals surface area contributed by atoms with E-state index in [4.69, 9.17) is 9.84 Å². The molecule has 258 valence electrons. The normalized spacial score (nSPS) is 26.2. The molecular formula is C37H34BrN3O7S2. The average Bonchev–Trinajstić information content (AvgIpc) is 3.83. The Labute approximate surface area is 304 Å². The lowest BCUT2D eigenvalue weighted by atomic mass is 9.68. The number of carboxylic acids is 1. The molecule has 8 rings (SSSR count). The molecule has 50 heavy (non-hydrogen) atoms. The Morgan fingerprint density at radius 2 is 1.74 bits per heavy atom. The van der Waals surface area contributed by atoms with Gasteiger partial charge in [0.15, 0.2) is 6.61 Å². The number of fused-ring (bicyclic) bond motifs is 10. The highest BCUT2D eigenvalue weighted by atomic mass is 79.9. The first-order valence-electron chi connectivity index (χ1n) is 16.9. The molecule has 3 aromatic carbocycles. The Balaban J connectivity index is 1.05. The summed E-state index contributed by atoms with van der Waals surface area (Å²) >= 11 is 6.43. The standard InChI is InChI=1S/C37H34BrN3O7S2/c38-20-10-12-25(48-17-26(42)39-21-11-9-18-6-3-4-7-19(18)14-21)22(15-20)28-29-23-16-24(32(29)49-34-33(28)50-37(47)40-34)31-30(23)35(45)41(36(31)46)13-5-1-2-8-27(43)44/h3-4,6-7,9-12,14-15,23-24,28-32H,1-2,5,8,13,16-17H2,(H,39,42)(H,40,47)(H,43,44)/t23?,24?,28-,29?,30?,31?,32?/m1/s1. The van der Waals surface area contributed by atoms with E-state index in [1.165, 1.54) is 16.2 Å². The fourth-order valence-electron chi connectivity index (χ4n) is 8.87. The second-order valence-corrected chi connectivity index (χ2v) is 16.7. The number of likely N-dealkylation sites (tertiary alicyclic amines) is 1. The van der Waals surface area contributed by atoms with Crippen molar-refractivity contribution in [2.45, 2.75) is 48.3 Å². The van der Waals surface area contributed by atoms with Crippen LogP contribution in [0.2, 0.25) is 0 Å². The maximum atomic E-state index is 13.9. The molecule has 6 unspecified atom stereocenters. The van der Waals surface area contributed by atoms with Crippen LogP contribution in [0, 0.1) is 29.6 Å². The number of amides is 3. The van der Waals surface area contributed by atoms with Gasteiger partial charge in [-0.25, -0.2) is 0 Å². The van der Waals surface area contributed by atoms with E-state index in [0.717, 1.165) is 37.1 Å². The number of nitrogens with one attached hydrogen (secondary N) is 2. The number of hydrogen-bond donors (Lipinski definition) is 3. The molecule has 0 spiro atoms. The van der Waals surface area contributed by atoms with Gasteiger partial charge < -0.3 is 20.1 Å². The zero-order valence-electron chi connectivity index (χ0n) is 26.8. The van der Waals surface area contributed by atoms with Gasteiger partial charge in [0.1, 0.15) is 5.75 Å². The minimum atomic E-state index is -0.850. The molecule has 10 nitrogen and oxygen atoms in total. The number of carbonyl (C=O) groups excluding carboxylic acids is 3. The Kier molecular flexibility index (Phi) is 8.84. The predicted molar refractivity (Wildman–Crippen MR) is 194 cm³/mol. The van der Waals surface area contributed by atoms with E-state index < -0.39 is 11.9 Å². The average molecular weight is 777 g/mol. The molecule has 4 aromatic rings. The number of aliphatic carboxylic acids is 1. The number of benzene rings is 3. The summed E-state index contributed by atoms with van der Waals surface area (Å²) in [7, 11) is 0. The quantitative estimate of drug-likeness (QED) is 0.116. The van der Waals surface area contributed by atoms with Gasteiger partial charge in [0.05, 0.1) is 16.9 Å². The van der Waals surface area contributed by atoms with Crippen LogP contribution in [0.25, 0.3) is 10.8 Å². The molecule has 13 heteroatoms. The van der Waals surface area contributed by atoms with Crippen LogP contribution in [-0.2, 0) is 19.2 Å². The molecule has 2 bridgehead atoms.